The highest BCUT2D eigenvalue weighted by Gasteiger charge is 2.18. The van der Waals surface area contributed by atoms with E-state index in [0.29, 0.717) is 6.04 Å². The lowest BCUT2D eigenvalue weighted by Crippen LogP contribution is -2.51. The zero-order chi connectivity index (χ0) is 11.8. The normalized spacial score (nSPS) is 21.2. The van der Waals surface area contributed by atoms with Gasteiger partial charge in [-0.25, -0.2) is 0 Å². The first-order valence-electron chi connectivity index (χ1n) is 6.47. The Balaban J connectivity index is 2.24. The van der Waals surface area contributed by atoms with E-state index in [2.05, 4.69) is 29.0 Å². The van der Waals surface area contributed by atoms with E-state index < -0.39 is 0 Å². The molecule has 1 N–H and O–H groups in total. The molecule has 0 aromatic heterocycles. The summed E-state index contributed by atoms with van der Waals surface area (Å²) in [7, 11) is 1.78. The number of rotatable bonds is 7. The van der Waals surface area contributed by atoms with E-state index in [-0.39, 0.29) is 0 Å². The highest BCUT2D eigenvalue weighted by molar-refractivity contribution is 4.76. The molecule has 4 nitrogen and oxygen atoms in total. The SMILES string of the molecule is CCNC(COC)CN1CCN(CC)CC1. The van der Waals surface area contributed by atoms with Crippen molar-refractivity contribution < 1.29 is 4.74 Å². The minimum Gasteiger partial charge on any atom is -0.383 e. The molecule has 0 radical (unpaired) electrons. The van der Waals surface area contributed by atoms with Crippen molar-refractivity contribution in [2.45, 2.75) is 19.9 Å². The number of ether oxygens (including phenoxy) is 1. The first-order chi connectivity index (χ1) is 7.80. The van der Waals surface area contributed by atoms with Crippen LogP contribution in [0.3, 0.4) is 0 Å². The zero-order valence-electron chi connectivity index (χ0n) is 11.0. The maximum Gasteiger partial charge on any atom is 0.0628 e. The lowest BCUT2D eigenvalue weighted by Gasteiger charge is -2.36. The minimum absolute atomic E-state index is 0.475. The Kier molecular flexibility index (Phi) is 6.96. The fourth-order valence-corrected chi connectivity index (χ4v) is 2.27. The Hall–Kier alpha value is -0.160. The summed E-state index contributed by atoms with van der Waals surface area (Å²) in [5.74, 6) is 0. The number of nitrogens with one attached hydrogen (secondary N) is 1. The summed E-state index contributed by atoms with van der Waals surface area (Å²) < 4.78 is 5.24. The maximum absolute atomic E-state index is 5.24. The van der Waals surface area contributed by atoms with Crippen LogP contribution >= 0.6 is 0 Å². The van der Waals surface area contributed by atoms with Gasteiger partial charge in [-0.1, -0.05) is 13.8 Å². The van der Waals surface area contributed by atoms with Crippen LogP contribution in [0.4, 0.5) is 0 Å². The summed E-state index contributed by atoms with van der Waals surface area (Å²) in [5.41, 5.74) is 0. The second-order valence-electron chi connectivity index (χ2n) is 4.44. The molecule has 96 valence electrons. The van der Waals surface area contributed by atoms with E-state index in [1.807, 2.05) is 0 Å². The number of hydrogen-bond donors (Lipinski definition) is 1. The van der Waals surface area contributed by atoms with Gasteiger partial charge in [-0.2, -0.15) is 0 Å². The van der Waals surface area contributed by atoms with Gasteiger partial charge in [-0.05, 0) is 13.1 Å². The molecule has 1 unspecified atom stereocenters. The van der Waals surface area contributed by atoms with E-state index in [4.69, 9.17) is 4.74 Å². The predicted molar refractivity (Wildman–Crippen MR) is 67.9 cm³/mol. The van der Waals surface area contributed by atoms with Crippen molar-refractivity contribution in [3.05, 3.63) is 0 Å². The van der Waals surface area contributed by atoms with Crippen molar-refractivity contribution in [2.75, 3.05) is 59.5 Å². The van der Waals surface area contributed by atoms with Crippen LogP contribution in [0.2, 0.25) is 0 Å². The second kappa shape index (κ2) is 8.01. The summed E-state index contributed by atoms with van der Waals surface area (Å²) in [5, 5.41) is 3.48. The number of likely N-dealkylation sites (N-methyl/N-ethyl adjacent to an activating group) is 2. The quantitative estimate of drug-likeness (QED) is 0.677. The Labute approximate surface area is 99.9 Å². The third-order valence-corrected chi connectivity index (χ3v) is 3.25. The summed E-state index contributed by atoms with van der Waals surface area (Å²) in [6.45, 7) is 13.3. The van der Waals surface area contributed by atoms with Gasteiger partial charge in [0.25, 0.3) is 0 Å². The molecule has 0 aromatic carbocycles. The molecule has 0 bridgehead atoms. The van der Waals surface area contributed by atoms with Crippen LogP contribution < -0.4 is 5.32 Å². The Morgan fingerprint density at radius 3 is 2.25 bits per heavy atom. The van der Waals surface area contributed by atoms with Crippen molar-refractivity contribution in [1.29, 1.82) is 0 Å². The molecule has 1 rings (SSSR count). The molecule has 0 aliphatic carbocycles. The Morgan fingerprint density at radius 2 is 1.75 bits per heavy atom. The van der Waals surface area contributed by atoms with Gasteiger partial charge >= 0.3 is 0 Å². The summed E-state index contributed by atoms with van der Waals surface area (Å²) >= 11 is 0. The van der Waals surface area contributed by atoms with Gasteiger partial charge in [0.1, 0.15) is 0 Å². The highest BCUT2D eigenvalue weighted by atomic mass is 16.5. The van der Waals surface area contributed by atoms with Crippen LogP contribution in [-0.4, -0.2) is 75.4 Å². The number of methoxy groups -OCH3 is 1. The minimum atomic E-state index is 0.475. The average molecular weight is 229 g/mol. The molecule has 1 atom stereocenters. The molecular formula is C12H27N3O. The van der Waals surface area contributed by atoms with E-state index in [1.165, 1.54) is 32.7 Å². The van der Waals surface area contributed by atoms with E-state index in [9.17, 15) is 0 Å². The fraction of sp³-hybridized carbons (Fsp3) is 1.00. The predicted octanol–water partition coefficient (Wildman–Crippen LogP) is 0.248. The number of piperazine rings is 1. The third-order valence-electron chi connectivity index (χ3n) is 3.25. The smallest absolute Gasteiger partial charge is 0.0628 e. The van der Waals surface area contributed by atoms with Crippen molar-refractivity contribution in [3.8, 4) is 0 Å². The van der Waals surface area contributed by atoms with Gasteiger partial charge in [0.05, 0.1) is 6.61 Å². The molecule has 1 saturated heterocycles. The monoisotopic (exact) mass is 229 g/mol. The molecule has 1 heterocycles. The van der Waals surface area contributed by atoms with Crippen LogP contribution in [0.1, 0.15) is 13.8 Å². The molecular weight excluding hydrogens is 202 g/mol. The molecule has 0 spiro atoms. The van der Waals surface area contributed by atoms with Crippen molar-refractivity contribution in [3.63, 3.8) is 0 Å². The van der Waals surface area contributed by atoms with Crippen molar-refractivity contribution >= 4 is 0 Å². The van der Waals surface area contributed by atoms with E-state index in [1.54, 1.807) is 7.11 Å². The van der Waals surface area contributed by atoms with Gasteiger partial charge in [-0.15, -0.1) is 0 Å². The standard InChI is InChI=1S/C12H27N3O/c1-4-13-12(11-16-3)10-15-8-6-14(5-2)7-9-15/h12-13H,4-11H2,1-3H3. The summed E-state index contributed by atoms with van der Waals surface area (Å²) in [6, 6.07) is 0.475. The van der Waals surface area contributed by atoms with E-state index >= 15 is 0 Å². The third kappa shape index (κ3) is 4.78. The van der Waals surface area contributed by atoms with Gasteiger partial charge in [-0.3, -0.25) is 4.90 Å². The highest BCUT2D eigenvalue weighted by Crippen LogP contribution is 2.02. The average Bonchev–Trinajstić information content (AvgIpc) is 2.31. The van der Waals surface area contributed by atoms with Gasteiger partial charge in [0.2, 0.25) is 0 Å². The zero-order valence-corrected chi connectivity index (χ0v) is 11.0. The maximum atomic E-state index is 5.24. The lowest BCUT2D eigenvalue weighted by atomic mass is 10.2. The van der Waals surface area contributed by atoms with Crippen LogP contribution in [0.5, 0.6) is 0 Å². The topological polar surface area (TPSA) is 27.7 Å². The Morgan fingerprint density at radius 1 is 1.12 bits per heavy atom. The summed E-state index contributed by atoms with van der Waals surface area (Å²) in [6.07, 6.45) is 0. The molecule has 1 aliphatic rings. The van der Waals surface area contributed by atoms with Gasteiger partial charge < -0.3 is 15.0 Å². The molecule has 1 aliphatic heterocycles. The molecule has 4 heteroatoms. The number of hydrogen-bond acceptors (Lipinski definition) is 4. The molecule has 0 aromatic rings. The Bertz CT molecular complexity index is 164. The summed E-state index contributed by atoms with van der Waals surface area (Å²) in [4.78, 5) is 5.05. The molecule has 0 amide bonds. The van der Waals surface area contributed by atoms with Crippen molar-refractivity contribution in [2.24, 2.45) is 0 Å². The van der Waals surface area contributed by atoms with Crippen molar-refractivity contribution in [1.82, 2.24) is 15.1 Å². The lowest BCUT2D eigenvalue weighted by molar-refractivity contribution is 0.101. The number of nitrogens with zero attached hydrogens (tertiary/aromatic N) is 2. The first kappa shape index (κ1) is 13.9. The largest absolute Gasteiger partial charge is 0.383 e. The van der Waals surface area contributed by atoms with Crippen LogP contribution in [0.15, 0.2) is 0 Å². The van der Waals surface area contributed by atoms with E-state index in [0.717, 1.165) is 19.7 Å². The first-order valence-corrected chi connectivity index (χ1v) is 6.47. The molecule has 0 saturated carbocycles. The van der Waals surface area contributed by atoms with Crippen LogP contribution in [0, 0.1) is 0 Å². The van der Waals surface area contributed by atoms with Crippen LogP contribution in [0.25, 0.3) is 0 Å². The van der Waals surface area contributed by atoms with Gasteiger partial charge in [0, 0.05) is 45.9 Å². The van der Waals surface area contributed by atoms with Crippen LogP contribution in [-0.2, 0) is 4.74 Å². The van der Waals surface area contributed by atoms with Gasteiger partial charge in [0.15, 0.2) is 0 Å². The molecule has 16 heavy (non-hydrogen) atoms. The second-order valence-corrected chi connectivity index (χ2v) is 4.44. The molecule has 1 fully saturated rings. The fourth-order valence-electron chi connectivity index (χ4n) is 2.27.